The number of rotatable bonds is 8. The Balaban J connectivity index is 1.87. The third-order valence-electron chi connectivity index (χ3n) is 5.86. The molecule has 0 spiro atoms. The summed E-state index contributed by atoms with van der Waals surface area (Å²) < 4.78 is 35.9. The molecule has 8 heteroatoms. The molecule has 7 nitrogen and oxygen atoms in total. The molecule has 0 saturated carbocycles. The van der Waals surface area contributed by atoms with Gasteiger partial charge in [0, 0.05) is 13.1 Å². The fourth-order valence-corrected chi connectivity index (χ4v) is 5.60. The summed E-state index contributed by atoms with van der Waals surface area (Å²) in [6, 6.07) is 22.1. The van der Waals surface area contributed by atoms with Crippen molar-refractivity contribution in [2.45, 2.75) is 37.9 Å². The second kappa shape index (κ2) is 9.79. The van der Waals surface area contributed by atoms with Gasteiger partial charge in [-0.3, -0.25) is 9.36 Å². The van der Waals surface area contributed by atoms with Gasteiger partial charge in [-0.05, 0) is 55.8 Å². The first kappa shape index (κ1) is 23.7. The number of sulfonamides is 1. The van der Waals surface area contributed by atoms with E-state index in [1.807, 2.05) is 43.3 Å². The first-order valence-electron chi connectivity index (χ1n) is 11.1. The zero-order valence-corrected chi connectivity index (χ0v) is 20.2. The third kappa shape index (κ3) is 4.47. The number of para-hydroxylation sites is 1. The highest BCUT2D eigenvalue weighted by molar-refractivity contribution is 7.89. The number of ether oxygens (including phenoxy) is 1. The van der Waals surface area contributed by atoms with Crippen LogP contribution >= 0.6 is 0 Å². The molecular weight excluding hydrogens is 450 g/mol. The lowest BCUT2D eigenvalue weighted by molar-refractivity contribution is 0.315. The van der Waals surface area contributed by atoms with Gasteiger partial charge in [0.15, 0.2) is 0 Å². The normalized spacial score (nSPS) is 12.7. The Labute approximate surface area is 199 Å². The van der Waals surface area contributed by atoms with E-state index in [1.54, 1.807) is 41.8 Å². The molecule has 4 rings (SSSR count). The average molecular weight is 478 g/mol. The number of methoxy groups -OCH3 is 1. The largest absolute Gasteiger partial charge is 0.497 e. The highest BCUT2D eigenvalue weighted by Gasteiger charge is 2.33. The van der Waals surface area contributed by atoms with Crippen molar-refractivity contribution in [2.75, 3.05) is 7.11 Å². The quantitative estimate of drug-likeness (QED) is 0.376. The van der Waals surface area contributed by atoms with Crippen LogP contribution in [-0.4, -0.2) is 29.4 Å². The van der Waals surface area contributed by atoms with E-state index in [0.29, 0.717) is 29.0 Å². The summed E-state index contributed by atoms with van der Waals surface area (Å²) in [5.74, 6) is 0.969. The lowest BCUT2D eigenvalue weighted by Gasteiger charge is -2.29. The van der Waals surface area contributed by atoms with Crippen LogP contribution in [0.3, 0.4) is 0 Å². The molecule has 0 amide bonds. The zero-order chi connectivity index (χ0) is 24.3. The van der Waals surface area contributed by atoms with Crippen molar-refractivity contribution >= 4 is 20.9 Å². The van der Waals surface area contributed by atoms with Gasteiger partial charge in [0.05, 0.1) is 29.0 Å². The summed E-state index contributed by atoms with van der Waals surface area (Å²) in [7, 11) is -2.41. The van der Waals surface area contributed by atoms with Crippen LogP contribution in [0.5, 0.6) is 5.75 Å². The van der Waals surface area contributed by atoms with Gasteiger partial charge in [0.1, 0.15) is 11.6 Å². The Hall–Kier alpha value is -3.49. The fraction of sp³-hybridized carbons (Fsp3) is 0.231. The zero-order valence-electron chi connectivity index (χ0n) is 19.4. The molecule has 0 aliphatic heterocycles. The van der Waals surface area contributed by atoms with Crippen LogP contribution < -0.4 is 10.3 Å². The lowest BCUT2D eigenvalue weighted by Crippen LogP contribution is -2.37. The molecule has 1 unspecified atom stereocenters. The van der Waals surface area contributed by atoms with Crippen LogP contribution in [0.25, 0.3) is 10.9 Å². The molecular formula is C26H27N3O4S. The van der Waals surface area contributed by atoms with Gasteiger partial charge in [0.2, 0.25) is 10.0 Å². The summed E-state index contributed by atoms with van der Waals surface area (Å²) in [6.07, 6.45) is 0. The van der Waals surface area contributed by atoms with Gasteiger partial charge in [-0.25, -0.2) is 13.4 Å². The standard InChI is InChI=1S/C26H27N3O4S/c1-4-28-25(27-24-13-9-8-12-23(24)26(28)30)19(2)29(18-20-10-6-5-7-11-20)34(31,32)22-16-14-21(33-3)15-17-22/h5-17,19H,4,18H2,1-3H3. The summed E-state index contributed by atoms with van der Waals surface area (Å²) >= 11 is 0. The van der Waals surface area contributed by atoms with Crippen LogP contribution in [0.4, 0.5) is 0 Å². The van der Waals surface area contributed by atoms with E-state index in [2.05, 4.69) is 0 Å². The molecule has 34 heavy (non-hydrogen) atoms. The molecule has 0 bridgehead atoms. The first-order valence-corrected chi connectivity index (χ1v) is 12.5. The van der Waals surface area contributed by atoms with E-state index in [9.17, 15) is 13.2 Å². The van der Waals surface area contributed by atoms with Crippen molar-refractivity contribution in [3.05, 3.63) is 101 Å². The summed E-state index contributed by atoms with van der Waals surface area (Å²) in [6.45, 7) is 4.13. The topological polar surface area (TPSA) is 81.5 Å². The lowest BCUT2D eigenvalue weighted by atomic mass is 10.2. The van der Waals surface area contributed by atoms with Crippen LogP contribution in [0.2, 0.25) is 0 Å². The van der Waals surface area contributed by atoms with E-state index in [1.165, 1.54) is 23.5 Å². The molecule has 0 radical (unpaired) electrons. The maximum atomic E-state index is 13.9. The molecule has 0 aliphatic rings. The number of aromatic nitrogens is 2. The Bertz CT molecular complexity index is 1450. The Kier molecular flexibility index (Phi) is 6.81. The maximum absolute atomic E-state index is 13.9. The van der Waals surface area contributed by atoms with Crippen LogP contribution in [0.15, 0.2) is 88.6 Å². The van der Waals surface area contributed by atoms with Crippen molar-refractivity contribution in [1.29, 1.82) is 0 Å². The van der Waals surface area contributed by atoms with E-state index >= 15 is 0 Å². The monoisotopic (exact) mass is 477 g/mol. The van der Waals surface area contributed by atoms with E-state index in [-0.39, 0.29) is 17.0 Å². The number of hydrogen-bond donors (Lipinski definition) is 0. The molecule has 3 aromatic carbocycles. The fourth-order valence-electron chi connectivity index (χ4n) is 4.02. The Morgan fingerprint density at radius 1 is 0.971 bits per heavy atom. The van der Waals surface area contributed by atoms with Crippen molar-refractivity contribution in [2.24, 2.45) is 0 Å². The molecule has 0 fully saturated rings. The SMILES string of the molecule is CCn1c(C(C)N(Cc2ccccc2)S(=O)(=O)c2ccc(OC)cc2)nc2ccccc2c1=O. The van der Waals surface area contributed by atoms with E-state index in [0.717, 1.165) is 5.56 Å². The molecule has 1 aromatic heterocycles. The molecule has 1 heterocycles. The van der Waals surface area contributed by atoms with Gasteiger partial charge < -0.3 is 4.74 Å². The van der Waals surface area contributed by atoms with Gasteiger partial charge in [0.25, 0.3) is 5.56 Å². The smallest absolute Gasteiger partial charge is 0.261 e. The number of nitrogens with zero attached hydrogens (tertiary/aromatic N) is 3. The molecule has 176 valence electrons. The predicted molar refractivity (Wildman–Crippen MR) is 132 cm³/mol. The average Bonchev–Trinajstić information content (AvgIpc) is 2.87. The number of benzene rings is 3. The Morgan fingerprint density at radius 2 is 1.62 bits per heavy atom. The van der Waals surface area contributed by atoms with Crippen molar-refractivity contribution in [3.63, 3.8) is 0 Å². The molecule has 0 saturated heterocycles. The van der Waals surface area contributed by atoms with Crippen LogP contribution in [0.1, 0.15) is 31.3 Å². The summed E-state index contributed by atoms with van der Waals surface area (Å²) in [5, 5.41) is 0.507. The number of fused-ring (bicyclic) bond motifs is 1. The van der Waals surface area contributed by atoms with E-state index < -0.39 is 16.1 Å². The second-order valence-corrected chi connectivity index (χ2v) is 9.81. The highest BCUT2D eigenvalue weighted by Crippen LogP contribution is 2.30. The molecule has 0 aliphatic carbocycles. The summed E-state index contributed by atoms with van der Waals surface area (Å²) in [4.78, 5) is 18.1. The van der Waals surface area contributed by atoms with Crippen molar-refractivity contribution in [3.8, 4) is 5.75 Å². The molecule has 4 aromatic rings. The van der Waals surface area contributed by atoms with E-state index in [4.69, 9.17) is 9.72 Å². The minimum Gasteiger partial charge on any atom is -0.497 e. The van der Waals surface area contributed by atoms with Crippen molar-refractivity contribution in [1.82, 2.24) is 13.9 Å². The highest BCUT2D eigenvalue weighted by atomic mass is 32.2. The number of hydrogen-bond acceptors (Lipinski definition) is 5. The first-order chi connectivity index (χ1) is 16.4. The van der Waals surface area contributed by atoms with Gasteiger partial charge in [-0.15, -0.1) is 0 Å². The minimum absolute atomic E-state index is 0.128. The molecule has 1 atom stereocenters. The molecule has 0 N–H and O–H groups in total. The van der Waals surface area contributed by atoms with Gasteiger partial charge in [-0.1, -0.05) is 42.5 Å². The van der Waals surface area contributed by atoms with Crippen LogP contribution in [0, 0.1) is 0 Å². The maximum Gasteiger partial charge on any atom is 0.261 e. The summed E-state index contributed by atoms with van der Waals surface area (Å²) in [5.41, 5.74) is 1.19. The predicted octanol–water partition coefficient (Wildman–Crippen LogP) is 4.38. The third-order valence-corrected chi connectivity index (χ3v) is 7.79. The van der Waals surface area contributed by atoms with Gasteiger partial charge >= 0.3 is 0 Å². The Morgan fingerprint density at radius 3 is 2.26 bits per heavy atom. The second-order valence-electron chi connectivity index (χ2n) is 7.92. The minimum atomic E-state index is -3.94. The van der Waals surface area contributed by atoms with Gasteiger partial charge in [-0.2, -0.15) is 4.31 Å². The van der Waals surface area contributed by atoms with Crippen LogP contribution in [-0.2, 0) is 23.1 Å². The van der Waals surface area contributed by atoms with Crippen molar-refractivity contribution < 1.29 is 13.2 Å².